The minimum Gasteiger partial charge on any atom is -0.369 e. The van der Waals surface area contributed by atoms with Gasteiger partial charge in [0, 0.05) is 24.5 Å². The number of urea groups is 1. The minimum atomic E-state index is -0.891. The lowest BCUT2D eigenvalue weighted by Crippen LogP contribution is -2.42. The van der Waals surface area contributed by atoms with Gasteiger partial charge in [-0.15, -0.1) is 0 Å². The van der Waals surface area contributed by atoms with E-state index in [0.29, 0.717) is 12.2 Å². The number of fused-ring (bicyclic) bond motifs is 1. The van der Waals surface area contributed by atoms with Crippen LogP contribution >= 0.6 is 0 Å². The molecule has 2 aromatic rings. The van der Waals surface area contributed by atoms with Gasteiger partial charge in [0.25, 0.3) is 0 Å². The molecular weight excluding hydrogens is 278 g/mol. The Balaban J connectivity index is 1.68. The largest absolute Gasteiger partial charge is 0.369 e. The van der Waals surface area contributed by atoms with Crippen molar-refractivity contribution in [2.75, 3.05) is 11.9 Å². The van der Waals surface area contributed by atoms with E-state index in [1.54, 1.807) is 6.20 Å². The molecule has 5 nitrogen and oxygen atoms in total. The van der Waals surface area contributed by atoms with Crippen molar-refractivity contribution in [3.8, 4) is 0 Å². The normalized spacial score (nSPS) is 17.1. The van der Waals surface area contributed by atoms with Crippen molar-refractivity contribution >= 4 is 11.7 Å². The number of carbonyl (C=O) groups excluding carboxylic acids is 1. The van der Waals surface area contributed by atoms with Crippen LogP contribution < -0.4 is 5.32 Å². The van der Waals surface area contributed by atoms with E-state index in [1.807, 2.05) is 43.5 Å². The standard InChI is InChI=1S/C17H19N3O2/c1-12-6-7-15-14(10-12)16(21)20(17(22)19-15)9-3-5-13-4-2-8-18-11-13/h2,4,6-8,10-11,16,21H,3,5,9H2,1H3,(H,19,22). The summed E-state index contributed by atoms with van der Waals surface area (Å²) in [7, 11) is 0. The highest BCUT2D eigenvalue weighted by Crippen LogP contribution is 2.31. The lowest BCUT2D eigenvalue weighted by atomic mass is 10.0. The molecule has 0 saturated carbocycles. The molecular formula is C17H19N3O2. The molecule has 0 spiro atoms. The molecule has 1 aliphatic rings. The van der Waals surface area contributed by atoms with Gasteiger partial charge >= 0.3 is 6.03 Å². The van der Waals surface area contributed by atoms with Gasteiger partial charge in [0.2, 0.25) is 0 Å². The van der Waals surface area contributed by atoms with Crippen molar-refractivity contribution in [2.24, 2.45) is 0 Å². The lowest BCUT2D eigenvalue weighted by molar-refractivity contribution is 0.0305. The van der Waals surface area contributed by atoms with Crippen molar-refractivity contribution in [2.45, 2.75) is 26.0 Å². The molecule has 1 aromatic carbocycles. The molecule has 114 valence electrons. The Morgan fingerprint density at radius 2 is 2.23 bits per heavy atom. The number of aryl methyl sites for hydroxylation is 2. The van der Waals surface area contributed by atoms with E-state index in [4.69, 9.17) is 0 Å². The van der Waals surface area contributed by atoms with Gasteiger partial charge in [-0.2, -0.15) is 0 Å². The van der Waals surface area contributed by atoms with Crippen molar-refractivity contribution < 1.29 is 9.90 Å². The molecule has 1 atom stereocenters. The van der Waals surface area contributed by atoms with Crippen molar-refractivity contribution in [3.05, 3.63) is 59.4 Å². The third-order valence-electron chi connectivity index (χ3n) is 3.87. The zero-order chi connectivity index (χ0) is 15.5. The number of rotatable bonds is 4. The minimum absolute atomic E-state index is 0.255. The molecule has 2 amide bonds. The Morgan fingerprint density at radius 3 is 3.00 bits per heavy atom. The number of aromatic nitrogens is 1. The highest BCUT2D eigenvalue weighted by Gasteiger charge is 2.30. The maximum atomic E-state index is 12.1. The number of anilines is 1. The van der Waals surface area contributed by atoms with Gasteiger partial charge in [-0.1, -0.05) is 17.7 Å². The summed E-state index contributed by atoms with van der Waals surface area (Å²) >= 11 is 0. The molecule has 5 heteroatoms. The van der Waals surface area contributed by atoms with Crippen LogP contribution in [-0.4, -0.2) is 27.6 Å². The Morgan fingerprint density at radius 1 is 1.36 bits per heavy atom. The number of nitrogens with one attached hydrogen (secondary N) is 1. The third kappa shape index (κ3) is 2.94. The molecule has 1 unspecified atom stereocenters. The third-order valence-corrected chi connectivity index (χ3v) is 3.87. The first-order valence-electron chi connectivity index (χ1n) is 7.40. The second-order valence-corrected chi connectivity index (χ2v) is 5.55. The van der Waals surface area contributed by atoms with Crippen LogP contribution in [0.2, 0.25) is 0 Å². The molecule has 2 N–H and O–H groups in total. The molecule has 0 bridgehead atoms. The Kier molecular flexibility index (Phi) is 4.06. The average Bonchev–Trinajstić information content (AvgIpc) is 2.52. The van der Waals surface area contributed by atoms with E-state index >= 15 is 0 Å². The maximum Gasteiger partial charge on any atom is 0.324 e. The summed E-state index contributed by atoms with van der Waals surface area (Å²) in [5.41, 5.74) is 3.63. The summed E-state index contributed by atoms with van der Waals surface area (Å²) in [6, 6.07) is 9.32. The number of hydrogen-bond acceptors (Lipinski definition) is 3. The van der Waals surface area contributed by atoms with Gasteiger partial charge < -0.3 is 10.4 Å². The molecule has 0 aliphatic carbocycles. The number of nitrogens with zero attached hydrogens (tertiary/aromatic N) is 2. The van der Waals surface area contributed by atoms with Crippen LogP contribution in [0.1, 0.15) is 29.3 Å². The molecule has 1 aliphatic heterocycles. The molecule has 2 heterocycles. The van der Waals surface area contributed by atoms with Crippen molar-refractivity contribution in [1.82, 2.24) is 9.88 Å². The van der Waals surface area contributed by atoms with Crippen LogP contribution in [0, 0.1) is 6.92 Å². The summed E-state index contributed by atoms with van der Waals surface area (Å²) in [5.74, 6) is 0. The van der Waals surface area contributed by atoms with Crippen molar-refractivity contribution in [3.63, 3.8) is 0 Å². The van der Waals surface area contributed by atoms with E-state index in [1.165, 1.54) is 4.90 Å². The summed E-state index contributed by atoms with van der Waals surface area (Å²) in [6.07, 6.45) is 4.27. The quantitative estimate of drug-likeness (QED) is 0.912. The van der Waals surface area contributed by atoms with Crippen LogP contribution in [0.25, 0.3) is 0 Å². The van der Waals surface area contributed by atoms with E-state index in [-0.39, 0.29) is 6.03 Å². The molecule has 22 heavy (non-hydrogen) atoms. The average molecular weight is 297 g/mol. The number of amides is 2. The topological polar surface area (TPSA) is 65.5 Å². The highest BCUT2D eigenvalue weighted by molar-refractivity contribution is 5.92. The van der Waals surface area contributed by atoms with Crippen LogP contribution in [0.5, 0.6) is 0 Å². The van der Waals surface area contributed by atoms with Gasteiger partial charge in [-0.3, -0.25) is 9.88 Å². The number of aliphatic hydroxyl groups excluding tert-OH is 1. The molecule has 1 aromatic heterocycles. The first-order chi connectivity index (χ1) is 10.6. The Hall–Kier alpha value is -2.40. The molecule has 3 rings (SSSR count). The van der Waals surface area contributed by atoms with E-state index in [9.17, 15) is 9.90 Å². The first-order valence-corrected chi connectivity index (χ1v) is 7.40. The first kappa shape index (κ1) is 14.5. The fourth-order valence-electron chi connectivity index (χ4n) is 2.70. The highest BCUT2D eigenvalue weighted by atomic mass is 16.3. The fourth-order valence-corrected chi connectivity index (χ4v) is 2.70. The van der Waals surface area contributed by atoms with Gasteiger partial charge in [-0.25, -0.2) is 4.79 Å². The molecule has 0 saturated heterocycles. The summed E-state index contributed by atoms with van der Waals surface area (Å²) in [5, 5.41) is 13.3. The number of aliphatic hydroxyl groups is 1. The summed E-state index contributed by atoms with van der Waals surface area (Å²) < 4.78 is 0. The van der Waals surface area contributed by atoms with Gasteiger partial charge in [0.1, 0.15) is 0 Å². The number of pyridine rings is 1. The van der Waals surface area contributed by atoms with Crippen LogP contribution in [0.3, 0.4) is 0 Å². The second-order valence-electron chi connectivity index (χ2n) is 5.55. The molecule has 0 fully saturated rings. The van der Waals surface area contributed by atoms with E-state index < -0.39 is 6.23 Å². The summed E-state index contributed by atoms with van der Waals surface area (Å²) in [6.45, 7) is 2.46. The lowest BCUT2D eigenvalue weighted by Gasteiger charge is -2.34. The zero-order valence-electron chi connectivity index (χ0n) is 12.5. The van der Waals surface area contributed by atoms with Crippen LogP contribution in [0.15, 0.2) is 42.7 Å². The second kappa shape index (κ2) is 6.15. The smallest absolute Gasteiger partial charge is 0.324 e. The predicted octanol–water partition coefficient (Wildman–Crippen LogP) is 2.86. The van der Waals surface area contributed by atoms with E-state index in [2.05, 4.69) is 10.3 Å². The van der Waals surface area contributed by atoms with Gasteiger partial charge in [-0.05, 0) is 43.5 Å². The SMILES string of the molecule is Cc1ccc2c(c1)C(O)N(CCCc1cccnc1)C(=O)N2. The van der Waals surface area contributed by atoms with E-state index in [0.717, 1.165) is 29.5 Å². The predicted molar refractivity (Wildman–Crippen MR) is 84.4 cm³/mol. The fraction of sp³-hybridized carbons (Fsp3) is 0.294. The molecule has 0 radical (unpaired) electrons. The summed E-state index contributed by atoms with van der Waals surface area (Å²) in [4.78, 5) is 17.7. The maximum absolute atomic E-state index is 12.1. The number of hydrogen-bond donors (Lipinski definition) is 2. The number of carbonyl (C=O) groups is 1. The van der Waals surface area contributed by atoms with Crippen molar-refractivity contribution in [1.29, 1.82) is 0 Å². The Labute approximate surface area is 129 Å². The van der Waals surface area contributed by atoms with Gasteiger partial charge in [0.15, 0.2) is 6.23 Å². The van der Waals surface area contributed by atoms with Crippen LogP contribution in [-0.2, 0) is 6.42 Å². The van der Waals surface area contributed by atoms with Gasteiger partial charge in [0.05, 0.1) is 5.69 Å². The monoisotopic (exact) mass is 297 g/mol. The Bertz CT molecular complexity index is 673. The number of benzene rings is 1. The zero-order valence-corrected chi connectivity index (χ0v) is 12.5. The van der Waals surface area contributed by atoms with Crippen LogP contribution in [0.4, 0.5) is 10.5 Å².